The average Bonchev–Trinajstić information content (AvgIpc) is 3.43. The molecule has 6 aromatic rings. The number of hydrogen-bond acceptors (Lipinski definition) is 4. The minimum absolute atomic E-state index is 0.154. The number of nitrogens with one attached hydrogen (secondary N) is 1. The number of fused-ring (bicyclic) bond motifs is 3. The lowest BCUT2D eigenvalue weighted by Gasteiger charge is -2.04. The number of benzene rings is 4. The Balaban J connectivity index is 1.58. The van der Waals surface area contributed by atoms with Gasteiger partial charge in [-0.2, -0.15) is 0 Å². The third kappa shape index (κ3) is 3.02. The second kappa shape index (κ2) is 7.25. The molecule has 0 unspecified atom stereocenters. The first-order valence-corrected chi connectivity index (χ1v) is 11.1. The highest BCUT2D eigenvalue weighted by atomic mass is 32.1. The normalized spacial score (nSPS) is 11.4. The molecule has 0 aliphatic rings. The van der Waals surface area contributed by atoms with Crippen molar-refractivity contribution < 1.29 is 10.2 Å². The molecule has 2 heterocycles. The molecule has 0 fully saturated rings. The monoisotopic (exact) mass is 434 g/mol. The van der Waals surface area contributed by atoms with Crippen LogP contribution in [0.4, 0.5) is 0 Å². The fourth-order valence-electron chi connectivity index (χ4n) is 4.08. The van der Waals surface area contributed by atoms with Crippen molar-refractivity contribution in [2.45, 2.75) is 0 Å². The molecule has 0 saturated heterocycles. The van der Waals surface area contributed by atoms with E-state index in [9.17, 15) is 10.2 Å². The molecule has 6 rings (SSSR count). The van der Waals surface area contributed by atoms with Crippen molar-refractivity contribution in [3.63, 3.8) is 0 Å². The van der Waals surface area contributed by atoms with Crippen molar-refractivity contribution >= 4 is 31.5 Å². The number of aromatic hydroxyl groups is 2. The number of H-pyrrole nitrogens is 1. The molecular weight excluding hydrogens is 416 g/mol. The molecule has 4 aromatic carbocycles. The van der Waals surface area contributed by atoms with Crippen LogP contribution in [0.1, 0.15) is 0 Å². The van der Waals surface area contributed by atoms with Gasteiger partial charge in [0.25, 0.3) is 0 Å². The van der Waals surface area contributed by atoms with Crippen LogP contribution in [0.15, 0.2) is 91.0 Å². The van der Waals surface area contributed by atoms with E-state index in [1.54, 1.807) is 17.4 Å². The van der Waals surface area contributed by atoms with Crippen molar-refractivity contribution in [1.29, 1.82) is 0 Å². The molecule has 3 N–H and O–H groups in total. The summed E-state index contributed by atoms with van der Waals surface area (Å²) >= 11 is 1.79. The molecule has 32 heavy (non-hydrogen) atoms. The summed E-state index contributed by atoms with van der Waals surface area (Å²) in [6.45, 7) is 0. The minimum Gasteiger partial charge on any atom is -0.504 e. The molecule has 0 saturated carbocycles. The molecule has 4 nitrogen and oxygen atoms in total. The third-order valence-corrected chi connectivity index (χ3v) is 6.82. The van der Waals surface area contributed by atoms with Gasteiger partial charge in [0.2, 0.25) is 0 Å². The van der Waals surface area contributed by atoms with Gasteiger partial charge >= 0.3 is 0 Å². The highest BCUT2D eigenvalue weighted by Crippen LogP contribution is 2.39. The van der Waals surface area contributed by atoms with Crippen LogP contribution in [0.25, 0.3) is 54.1 Å². The summed E-state index contributed by atoms with van der Waals surface area (Å²) in [5.74, 6) is 0.302. The summed E-state index contributed by atoms with van der Waals surface area (Å²) in [6, 6.07) is 29.7. The van der Waals surface area contributed by atoms with Gasteiger partial charge in [-0.15, -0.1) is 11.3 Å². The molecule has 2 aromatic heterocycles. The summed E-state index contributed by atoms with van der Waals surface area (Å²) < 4.78 is 2.51. The number of nitrogens with zero attached hydrogens (tertiary/aromatic N) is 1. The zero-order valence-electron chi connectivity index (χ0n) is 16.9. The zero-order chi connectivity index (χ0) is 21.7. The molecule has 0 aliphatic carbocycles. The van der Waals surface area contributed by atoms with Crippen molar-refractivity contribution in [2.75, 3.05) is 0 Å². The van der Waals surface area contributed by atoms with Gasteiger partial charge < -0.3 is 15.2 Å². The largest absolute Gasteiger partial charge is 0.504 e. The first-order valence-electron chi connectivity index (χ1n) is 10.3. The van der Waals surface area contributed by atoms with E-state index in [1.165, 1.54) is 32.3 Å². The second-order valence-electron chi connectivity index (χ2n) is 7.69. The Bertz CT molecular complexity index is 1600. The highest BCUT2D eigenvalue weighted by Gasteiger charge is 2.17. The SMILES string of the molecule is Oc1ccc(-c2nc(-c3ccc4sc5ccccc5c4c3)c(-c3ccccc3)[nH]2)cc1O. The van der Waals surface area contributed by atoms with Crippen molar-refractivity contribution in [1.82, 2.24) is 9.97 Å². The van der Waals surface area contributed by atoms with E-state index in [1.807, 2.05) is 30.3 Å². The third-order valence-electron chi connectivity index (χ3n) is 5.67. The zero-order valence-corrected chi connectivity index (χ0v) is 17.7. The van der Waals surface area contributed by atoms with Gasteiger partial charge in [-0.05, 0) is 36.4 Å². The number of phenols is 2. The van der Waals surface area contributed by atoms with Gasteiger partial charge in [-0.25, -0.2) is 4.98 Å². The van der Waals surface area contributed by atoms with E-state index >= 15 is 0 Å². The van der Waals surface area contributed by atoms with E-state index in [0.29, 0.717) is 11.4 Å². The maximum atomic E-state index is 9.98. The van der Waals surface area contributed by atoms with Gasteiger partial charge in [0.05, 0.1) is 11.4 Å². The maximum Gasteiger partial charge on any atom is 0.158 e. The minimum atomic E-state index is -0.173. The van der Waals surface area contributed by atoms with E-state index in [4.69, 9.17) is 4.98 Å². The fraction of sp³-hybridized carbons (Fsp3) is 0. The van der Waals surface area contributed by atoms with Gasteiger partial charge in [-0.1, -0.05) is 54.6 Å². The lowest BCUT2D eigenvalue weighted by atomic mass is 10.0. The Morgan fingerprint density at radius 1 is 0.625 bits per heavy atom. The molecule has 0 radical (unpaired) electrons. The fourth-order valence-corrected chi connectivity index (χ4v) is 5.16. The smallest absolute Gasteiger partial charge is 0.158 e. The summed E-state index contributed by atoms with van der Waals surface area (Å²) in [4.78, 5) is 8.36. The van der Waals surface area contributed by atoms with Gasteiger partial charge in [-0.3, -0.25) is 0 Å². The first kappa shape index (κ1) is 18.7. The molecule has 0 atom stereocenters. The predicted octanol–water partition coefficient (Wildman–Crippen LogP) is 7.19. The molecule has 5 heteroatoms. The molecule has 0 bridgehead atoms. The molecular formula is C27H18N2O2S. The Labute approximate surface area is 188 Å². The van der Waals surface area contributed by atoms with Gasteiger partial charge in [0, 0.05) is 36.9 Å². The summed E-state index contributed by atoms with van der Waals surface area (Å²) in [5, 5.41) is 22.1. The molecule has 154 valence electrons. The quantitative estimate of drug-likeness (QED) is 0.258. The van der Waals surface area contributed by atoms with Crippen LogP contribution in [0, 0.1) is 0 Å². The Morgan fingerprint density at radius 3 is 2.22 bits per heavy atom. The van der Waals surface area contributed by atoms with Crippen LogP contribution >= 0.6 is 11.3 Å². The van der Waals surface area contributed by atoms with Gasteiger partial charge in [0.15, 0.2) is 11.5 Å². The Hall–Kier alpha value is -4.09. The second-order valence-corrected chi connectivity index (χ2v) is 8.77. The average molecular weight is 435 g/mol. The van der Waals surface area contributed by atoms with Crippen molar-refractivity contribution in [3.8, 4) is 45.4 Å². The van der Waals surface area contributed by atoms with Crippen LogP contribution < -0.4 is 0 Å². The van der Waals surface area contributed by atoms with E-state index in [-0.39, 0.29) is 11.5 Å². The molecule has 0 amide bonds. The number of imidazole rings is 1. The maximum absolute atomic E-state index is 9.98. The van der Waals surface area contributed by atoms with Crippen molar-refractivity contribution in [2.24, 2.45) is 0 Å². The predicted molar refractivity (Wildman–Crippen MR) is 131 cm³/mol. The number of thiophene rings is 1. The lowest BCUT2D eigenvalue weighted by Crippen LogP contribution is -1.83. The van der Waals surface area contributed by atoms with Crippen molar-refractivity contribution in [3.05, 3.63) is 91.0 Å². The lowest BCUT2D eigenvalue weighted by molar-refractivity contribution is 0.404. The first-order chi connectivity index (χ1) is 15.7. The summed E-state index contributed by atoms with van der Waals surface area (Å²) in [7, 11) is 0. The van der Waals surface area contributed by atoms with E-state index in [2.05, 4.69) is 47.4 Å². The number of aromatic nitrogens is 2. The standard InChI is InChI=1S/C27H18N2O2S/c30-21-12-10-18(15-22(21)31)27-28-25(16-6-2-1-3-7-16)26(29-27)17-11-13-24-20(14-17)19-8-4-5-9-23(19)32-24/h1-15,30-31H,(H,28,29). The number of hydrogen-bond donors (Lipinski definition) is 3. The number of rotatable bonds is 3. The molecule has 0 spiro atoms. The topological polar surface area (TPSA) is 69.1 Å². The number of phenolic OH excluding ortho intramolecular Hbond substituents is 2. The Morgan fingerprint density at radius 2 is 1.38 bits per heavy atom. The molecule has 0 aliphatic heterocycles. The van der Waals surface area contributed by atoms with Crippen LogP contribution in [-0.2, 0) is 0 Å². The summed E-state index contributed by atoms with van der Waals surface area (Å²) in [5.41, 5.74) is 4.50. The summed E-state index contributed by atoms with van der Waals surface area (Å²) in [6.07, 6.45) is 0. The van der Waals surface area contributed by atoms with Crippen LogP contribution in [-0.4, -0.2) is 20.2 Å². The highest BCUT2D eigenvalue weighted by molar-refractivity contribution is 7.25. The van der Waals surface area contributed by atoms with Gasteiger partial charge in [0.1, 0.15) is 5.82 Å². The van der Waals surface area contributed by atoms with Crippen LogP contribution in [0.3, 0.4) is 0 Å². The van der Waals surface area contributed by atoms with Crippen LogP contribution in [0.2, 0.25) is 0 Å². The van der Waals surface area contributed by atoms with Crippen LogP contribution in [0.5, 0.6) is 11.5 Å². The number of aromatic amines is 1. The Kier molecular flexibility index (Phi) is 4.23. The van der Waals surface area contributed by atoms with E-state index < -0.39 is 0 Å². The van der Waals surface area contributed by atoms with E-state index in [0.717, 1.165) is 22.5 Å².